The van der Waals surface area contributed by atoms with E-state index in [4.69, 9.17) is 9.40 Å². The van der Waals surface area contributed by atoms with Gasteiger partial charge in [-0.1, -0.05) is 146 Å². The molecule has 0 radical (unpaired) electrons. The number of hydrogen-bond acceptors (Lipinski definition) is 3. The van der Waals surface area contributed by atoms with Gasteiger partial charge in [-0.05, 0) is 118 Å². The zero-order valence-electron chi connectivity index (χ0n) is 30.3. The SMILES string of the molecule is c1ccc2c(-c3nc4ccc(N(c5ccc6c7ccccc7c7ccccc7c6c5)c5ccc6c7ccccc7c7ccccc7c6c5)cc4o3)cccc2c1. The fourth-order valence-corrected chi connectivity index (χ4v) is 9.10. The Morgan fingerprint density at radius 1 is 0.321 bits per heavy atom. The number of oxazole rings is 1. The highest BCUT2D eigenvalue weighted by Gasteiger charge is 2.20. The van der Waals surface area contributed by atoms with E-state index < -0.39 is 0 Å². The molecule has 0 spiro atoms. The largest absolute Gasteiger partial charge is 0.436 e. The molecule has 1 aromatic heterocycles. The maximum Gasteiger partial charge on any atom is 0.227 e. The number of fused-ring (bicyclic) bond motifs is 14. The second-order valence-corrected chi connectivity index (χ2v) is 14.7. The summed E-state index contributed by atoms with van der Waals surface area (Å²) in [4.78, 5) is 7.37. The molecule has 12 aromatic rings. The summed E-state index contributed by atoms with van der Waals surface area (Å²) in [5, 5.41) is 17.2. The van der Waals surface area contributed by atoms with E-state index in [0.717, 1.165) is 44.5 Å². The Morgan fingerprint density at radius 3 is 1.23 bits per heavy atom. The van der Waals surface area contributed by atoms with Gasteiger partial charge in [0.05, 0.1) is 0 Å². The maximum absolute atomic E-state index is 6.64. The minimum absolute atomic E-state index is 0.619. The van der Waals surface area contributed by atoms with Gasteiger partial charge in [-0.2, -0.15) is 0 Å². The Hall–Kier alpha value is -7.49. The van der Waals surface area contributed by atoms with Crippen molar-refractivity contribution in [2.75, 3.05) is 4.90 Å². The molecule has 0 aliphatic heterocycles. The molecule has 0 fully saturated rings. The third kappa shape index (κ3) is 4.61. The van der Waals surface area contributed by atoms with Crippen molar-refractivity contribution >= 4 is 104 Å². The zero-order chi connectivity index (χ0) is 36.7. The van der Waals surface area contributed by atoms with Crippen LogP contribution in [0.4, 0.5) is 17.1 Å². The summed E-state index contributed by atoms with van der Waals surface area (Å²) in [5.74, 6) is 0.619. The summed E-state index contributed by atoms with van der Waals surface area (Å²) in [5.41, 5.74) is 5.67. The van der Waals surface area contributed by atoms with Gasteiger partial charge in [0, 0.05) is 28.7 Å². The molecule has 1 heterocycles. The first-order chi connectivity index (χ1) is 27.8. The first kappa shape index (κ1) is 30.9. The molecule has 260 valence electrons. The Labute approximate surface area is 322 Å². The molecule has 0 bridgehead atoms. The third-order valence-electron chi connectivity index (χ3n) is 11.6. The van der Waals surface area contributed by atoms with Crippen LogP contribution in [0, 0.1) is 0 Å². The predicted molar refractivity (Wildman–Crippen MR) is 237 cm³/mol. The van der Waals surface area contributed by atoms with E-state index in [-0.39, 0.29) is 0 Å². The van der Waals surface area contributed by atoms with E-state index in [1.165, 1.54) is 64.6 Å². The van der Waals surface area contributed by atoms with Crippen molar-refractivity contribution in [3.63, 3.8) is 0 Å². The number of nitrogens with zero attached hydrogens (tertiary/aromatic N) is 2. The standard InChI is InChI=1S/C53H32N2O/c1-2-14-37-33(12-1)13-11-23-48(37)53-54-51-29-26-36(32-52(51)56-53)55(34-24-27-46-42-19-5-3-15-38(42)40-17-7-9-21-44(40)49(46)30-34)35-25-28-47-43-20-6-4-16-39(43)41-18-8-10-22-45(41)50(47)31-35/h1-32H. The molecule has 0 unspecified atom stereocenters. The lowest BCUT2D eigenvalue weighted by Gasteiger charge is -2.27. The normalized spacial score (nSPS) is 11.9. The Bertz CT molecular complexity index is 3330. The number of benzene rings is 11. The molecule has 12 rings (SSSR count). The van der Waals surface area contributed by atoms with E-state index in [1.54, 1.807) is 0 Å². The summed E-state index contributed by atoms with van der Waals surface area (Å²) >= 11 is 0. The summed E-state index contributed by atoms with van der Waals surface area (Å²) in [6.07, 6.45) is 0. The summed E-state index contributed by atoms with van der Waals surface area (Å²) in [6, 6.07) is 70.0. The van der Waals surface area contributed by atoms with Crippen molar-refractivity contribution in [1.29, 1.82) is 0 Å². The van der Waals surface area contributed by atoms with Gasteiger partial charge in [-0.15, -0.1) is 0 Å². The van der Waals surface area contributed by atoms with Gasteiger partial charge in [0.25, 0.3) is 0 Å². The molecule has 3 heteroatoms. The molecule has 0 saturated carbocycles. The number of hydrogen-bond donors (Lipinski definition) is 0. The Kier molecular flexibility index (Phi) is 6.63. The van der Waals surface area contributed by atoms with Crippen LogP contribution in [0.3, 0.4) is 0 Å². The van der Waals surface area contributed by atoms with Gasteiger partial charge >= 0.3 is 0 Å². The zero-order valence-corrected chi connectivity index (χ0v) is 30.3. The average molecular weight is 713 g/mol. The molecule has 56 heavy (non-hydrogen) atoms. The highest BCUT2D eigenvalue weighted by molar-refractivity contribution is 6.27. The van der Waals surface area contributed by atoms with Crippen molar-refractivity contribution in [1.82, 2.24) is 4.98 Å². The number of aromatic nitrogens is 1. The molecule has 0 amide bonds. The molecule has 0 aliphatic rings. The van der Waals surface area contributed by atoms with E-state index >= 15 is 0 Å². The smallest absolute Gasteiger partial charge is 0.227 e. The van der Waals surface area contributed by atoms with Crippen molar-refractivity contribution < 1.29 is 4.42 Å². The lowest BCUT2D eigenvalue weighted by Crippen LogP contribution is -2.10. The first-order valence-corrected chi connectivity index (χ1v) is 19.1. The van der Waals surface area contributed by atoms with Crippen molar-refractivity contribution in [3.05, 3.63) is 194 Å². The monoisotopic (exact) mass is 712 g/mol. The van der Waals surface area contributed by atoms with E-state index in [1.807, 2.05) is 0 Å². The van der Waals surface area contributed by atoms with E-state index in [9.17, 15) is 0 Å². The van der Waals surface area contributed by atoms with Crippen LogP contribution in [0.1, 0.15) is 0 Å². The molecule has 0 atom stereocenters. The molecular formula is C53H32N2O. The van der Waals surface area contributed by atoms with Crippen LogP contribution in [0.2, 0.25) is 0 Å². The summed E-state index contributed by atoms with van der Waals surface area (Å²) < 4.78 is 6.64. The predicted octanol–water partition coefficient (Wildman–Crippen LogP) is 15.0. The minimum atomic E-state index is 0.619. The van der Waals surface area contributed by atoms with Crippen LogP contribution in [-0.4, -0.2) is 4.98 Å². The number of anilines is 3. The number of rotatable bonds is 4. The second-order valence-electron chi connectivity index (χ2n) is 14.7. The fourth-order valence-electron chi connectivity index (χ4n) is 9.10. The van der Waals surface area contributed by atoms with Crippen LogP contribution in [0.25, 0.3) is 98.0 Å². The lowest BCUT2D eigenvalue weighted by atomic mass is 9.93. The highest BCUT2D eigenvalue weighted by Crippen LogP contribution is 2.44. The molecule has 0 saturated heterocycles. The Balaban J connectivity index is 1.12. The van der Waals surface area contributed by atoms with Crippen molar-refractivity contribution in [2.24, 2.45) is 0 Å². The topological polar surface area (TPSA) is 29.3 Å². The molecule has 3 nitrogen and oxygen atoms in total. The van der Waals surface area contributed by atoms with Crippen molar-refractivity contribution in [3.8, 4) is 11.5 Å². The van der Waals surface area contributed by atoms with Gasteiger partial charge in [-0.3, -0.25) is 0 Å². The van der Waals surface area contributed by atoms with E-state index in [0.29, 0.717) is 5.89 Å². The van der Waals surface area contributed by atoms with Crippen molar-refractivity contribution in [2.45, 2.75) is 0 Å². The molecule has 0 aliphatic carbocycles. The maximum atomic E-state index is 6.64. The average Bonchev–Trinajstić information content (AvgIpc) is 3.70. The van der Waals surface area contributed by atoms with Crippen LogP contribution >= 0.6 is 0 Å². The van der Waals surface area contributed by atoms with E-state index in [2.05, 4.69) is 199 Å². The molecular weight excluding hydrogens is 681 g/mol. The van der Waals surface area contributed by atoms with Crippen LogP contribution in [0.15, 0.2) is 199 Å². The van der Waals surface area contributed by atoms with Crippen LogP contribution in [0.5, 0.6) is 0 Å². The van der Waals surface area contributed by atoms with Gasteiger partial charge in [0.15, 0.2) is 5.58 Å². The quantitative estimate of drug-likeness (QED) is 0.170. The van der Waals surface area contributed by atoms with Gasteiger partial charge in [0.1, 0.15) is 5.52 Å². The van der Waals surface area contributed by atoms with Gasteiger partial charge in [0.2, 0.25) is 5.89 Å². The van der Waals surface area contributed by atoms with Crippen LogP contribution < -0.4 is 4.90 Å². The third-order valence-corrected chi connectivity index (χ3v) is 11.6. The van der Waals surface area contributed by atoms with Crippen LogP contribution in [-0.2, 0) is 0 Å². The fraction of sp³-hybridized carbons (Fsp3) is 0. The Morgan fingerprint density at radius 2 is 0.714 bits per heavy atom. The summed E-state index contributed by atoms with van der Waals surface area (Å²) in [6.45, 7) is 0. The van der Waals surface area contributed by atoms with Gasteiger partial charge < -0.3 is 9.32 Å². The second kappa shape index (κ2) is 12.0. The van der Waals surface area contributed by atoms with Gasteiger partial charge in [-0.25, -0.2) is 4.98 Å². The molecule has 11 aromatic carbocycles. The highest BCUT2D eigenvalue weighted by atomic mass is 16.3. The summed E-state index contributed by atoms with van der Waals surface area (Å²) in [7, 11) is 0. The molecule has 0 N–H and O–H groups in total. The first-order valence-electron chi connectivity index (χ1n) is 19.1. The lowest BCUT2D eigenvalue weighted by molar-refractivity contribution is 0.620. The minimum Gasteiger partial charge on any atom is -0.436 e.